The Morgan fingerprint density at radius 3 is 2.88 bits per heavy atom. The molecule has 0 aromatic carbocycles. The minimum absolute atomic E-state index is 0.00526. The molecule has 1 atom stereocenters. The van der Waals surface area contributed by atoms with E-state index in [1.54, 1.807) is 34.3 Å². The molecule has 1 aliphatic heterocycles. The second-order valence-corrected chi connectivity index (χ2v) is 8.11. The van der Waals surface area contributed by atoms with Gasteiger partial charge in [-0.2, -0.15) is 0 Å². The monoisotopic (exact) mass is 474 g/mol. The lowest BCUT2D eigenvalue weighted by Crippen LogP contribution is -2.28. The Hall–Kier alpha value is -1.62. The predicted molar refractivity (Wildman–Crippen MR) is 102 cm³/mol. The van der Waals surface area contributed by atoms with Gasteiger partial charge in [-0.3, -0.25) is 14.6 Å². The molecular formula is C16H16FIN4O2S. The molecule has 2 aromatic rings. The topological polar surface area (TPSA) is 84.0 Å². The van der Waals surface area contributed by atoms with Crippen molar-refractivity contribution in [1.82, 2.24) is 15.3 Å². The van der Waals surface area contributed by atoms with Crippen molar-refractivity contribution in [1.29, 1.82) is 0 Å². The van der Waals surface area contributed by atoms with Gasteiger partial charge >= 0.3 is 0 Å². The second-order valence-electron chi connectivity index (χ2n) is 6.16. The molecule has 2 aromatic heterocycles. The average molecular weight is 474 g/mol. The van der Waals surface area contributed by atoms with Gasteiger partial charge in [-0.25, -0.2) is 9.37 Å². The van der Waals surface area contributed by atoms with Crippen molar-refractivity contribution >= 4 is 49.4 Å². The van der Waals surface area contributed by atoms with Gasteiger partial charge in [0.25, 0.3) is 5.91 Å². The molecule has 3 rings (SSSR count). The van der Waals surface area contributed by atoms with Gasteiger partial charge in [0, 0.05) is 40.9 Å². The van der Waals surface area contributed by atoms with E-state index in [0.29, 0.717) is 17.0 Å². The summed E-state index contributed by atoms with van der Waals surface area (Å²) in [7, 11) is 0. The third kappa shape index (κ3) is 3.66. The van der Waals surface area contributed by atoms with Crippen LogP contribution in [0, 0.1) is 11.7 Å². The smallest absolute Gasteiger partial charge is 0.254 e. The van der Waals surface area contributed by atoms with Gasteiger partial charge in [-0.1, -0.05) is 13.8 Å². The van der Waals surface area contributed by atoms with Crippen molar-refractivity contribution in [3.8, 4) is 10.6 Å². The lowest BCUT2D eigenvalue weighted by Gasteiger charge is -2.19. The minimum Gasteiger partial charge on any atom is -0.357 e. The van der Waals surface area contributed by atoms with E-state index in [-0.39, 0.29) is 39.1 Å². The molecule has 132 valence electrons. The molecular weight excluding hydrogens is 458 g/mol. The summed E-state index contributed by atoms with van der Waals surface area (Å²) < 4.78 is 14.8. The number of halogens is 2. The molecule has 6 nitrogen and oxygen atoms in total. The van der Waals surface area contributed by atoms with Crippen LogP contribution in [0.5, 0.6) is 0 Å². The highest BCUT2D eigenvalue weighted by Crippen LogP contribution is 2.34. The number of hydrogen-bond donors (Lipinski definition) is 2. The highest BCUT2D eigenvalue weighted by Gasteiger charge is 2.31. The van der Waals surface area contributed by atoms with E-state index < -0.39 is 11.9 Å². The molecule has 0 radical (unpaired) electrons. The van der Waals surface area contributed by atoms with Crippen molar-refractivity contribution < 1.29 is 14.0 Å². The number of amides is 1. The van der Waals surface area contributed by atoms with E-state index in [0.717, 1.165) is 0 Å². The van der Waals surface area contributed by atoms with Gasteiger partial charge in [0.2, 0.25) is 3.79 Å². The summed E-state index contributed by atoms with van der Waals surface area (Å²) in [5.41, 5.74) is 2.53. The van der Waals surface area contributed by atoms with Gasteiger partial charge in [-0.05, 0) is 12.3 Å². The van der Waals surface area contributed by atoms with Gasteiger partial charge in [-0.15, -0.1) is 11.3 Å². The standard InChI is InChI=1S/C16H16FIN4O2S/c1-7(2)3-9(14(18)23)21-15-12(17)8-4-20-16(24)11(8)13(22-15)10-5-19-6-25-10/h5-7,9H,3-4H2,1-2H3,(H,20,24)(H,21,22)/t9-/m1/s1. The Balaban J connectivity index is 2.07. The summed E-state index contributed by atoms with van der Waals surface area (Å²) in [5, 5.41) is 5.56. The summed E-state index contributed by atoms with van der Waals surface area (Å²) in [5.74, 6) is -0.680. The first-order valence-corrected chi connectivity index (χ1v) is 9.69. The fourth-order valence-corrected chi connectivity index (χ4v) is 3.76. The second kappa shape index (κ2) is 7.32. The van der Waals surface area contributed by atoms with Gasteiger partial charge in [0.05, 0.1) is 27.7 Å². The third-order valence-corrected chi connectivity index (χ3v) is 5.38. The van der Waals surface area contributed by atoms with Crippen LogP contribution in [0.25, 0.3) is 10.6 Å². The summed E-state index contributed by atoms with van der Waals surface area (Å²) in [6.07, 6.45) is 2.16. The number of hydrogen-bond acceptors (Lipinski definition) is 6. The number of pyridine rings is 1. The molecule has 0 bridgehead atoms. The number of nitrogens with one attached hydrogen (secondary N) is 2. The van der Waals surface area contributed by atoms with Crippen LogP contribution in [0.3, 0.4) is 0 Å². The molecule has 0 fully saturated rings. The zero-order valence-corrected chi connectivity index (χ0v) is 16.6. The Labute approximate surface area is 161 Å². The molecule has 3 heterocycles. The highest BCUT2D eigenvalue weighted by atomic mass is 127. The maximum atomic E-state index is 14.9. The van der Waals surface area contributed by atoms with Crippen molar-refractivity contribution in [2.24, 2.45) is 5.92 Å². The van der Waals surface area contributed by atoms with Gasteiger partial charge < -0.3 is 10.6 Å². The number of carbonyl (C=O) groups is 2. The first-order valence-electron chi connectivity index (χ1n) is 7.73. The minimum atomic E-state index is -0.590. The lowest BCUT2D eigenvalue weighted by atomic mass is 10.0. The summed E-state index contributed by atoms with van der Waals surface area (Å²) in [6, 6.07) is -0.542. The maximum absolute atomic E-state index is 14.9. The summed E-state index contributed by atoms with van der Waals surface area (Å²) >= 11 is 3.03. The quantitative estimate of drug-likeness (QED) is 0.496. The van der Waals surface area contributed by atoms with E-state index in [4.69, 9.17) is 0 Å². The van der Waals surface area contributed by atoms with E-state index in [2.05, 4.69) is 20.6 Å². The maximum Gasteiger partial charge on any atom is 0.254 e. The van der Waals surface area contributed by atoms with Crippen molar-refractivity contribution in [2.45, 2.75) is 32.9 Å². The number of aromatic nitrogens is 2. The number of carbonyl (C=O) groups excluding carboxylic acids is 2. The molecule has 1 aliphatic rings. The van der Waals surface area contributed by atoms with Crippen LogP contribution in [0.15, 0.2) is 11.7 Å². The molecule has 25 heavy (non-hydrogen) atoms. The largest absolute Gasteiger partial charge is 0.357 e. The first kappa shape index (κ1) is 18.2. The number of anilines is 1. The van der Waals surface area contributed by atoms with E-state index >= 15 is 0 Å². The van der Waals surface area contributed by atoms with E-state index in [9.17, 15) is 14.0 Å². The van der Waals surface area contributed by atoms with Crippen molar-refractivity contribution in [3.05, 3.63) is 28.7 Å². The zero-order valence-electron chi connectivity index (χ0n) is 13.6. The molecule has 0 saturated carbocycles. The van der Waals surface area contributed by atoms with Crippen LogP contribution in [-0.2, 0) is 11.3 Å². The van der Waals surface area contributed by atoms with Crippen LogP contribution in [0.4, 0.5) is 10.2 Å². The molecule has 0 aliphatic carbocycles. The normalized spacial score (nSPS) is 14.4. The number of rotatable bonds is 6. The molecule has 0 unspecified atom stereocenters. The van der Waals surface area contributed by atoms with Crippen LogP contribution in [0.1, 0.15) is 36.2 Å². The number of fused-ring (bicyclic) bond motifs is 1. The molecule has 1 amide bonds. The van der Waals surface area contributed by atoms with Crippen LogP contribution >= 0.6 is 33.9 Å². The summed E-state index contributed by atoms with van der Waals surface area (Å²) in [6.45, 7) is 4.09. The Morgan fingerprint density at radius 2 is 2.28 bits per heavy atom. The Morgan fingerprint density at radius 1 is 1.52 bits per heavy atom. The van der Waals surface area contributed by atoms with E-state index in [1.165, 1.54) is 11.3 Å². The van der Waals surface area contributed by atoms with Crippen LogP contribution < -0.4 is 10.6 Å². The third-order valence-electron chi connectivity index (χ3n) is 3.85. The van der Waals surface area contributed by atoms with Gasteiger partial charge in [0.1, 0.15) is 0 Å². The Kier molecular flexibility index (Phi) is 5.32. The van der Waals surface area contributed by atoms with Gasteiger partial charge in [0.15, 0.2) is 11.6 Å². The van der Waals surface area contributed by atoms with Crippen LogP contribution in [0.2, 0.25) is 0 Å². The lowest BCUT2D eigenvalue weighted by molar-refractivity contribution is -0.110. The highest BCUT2D eigenvalue weighted by molar-refractivity contribution is 14.1. The number of thiazole rings is 1. The Bertz CT molecular complexity index is 826. The molecule has 0 spiro atoms. The van der Waals surface area contributed by atoms with Crippen molar-refractivity contribution in [3.63, 3.8) is 0 Å². The molecule has 9 heteroatoms. The SMILES string of the molecule is CC(C)C[C@@H](Nc1nc(-c2cncs2)c2c(c1F)CNC2=O)C(=O)I. The van der Waals surface area contributed by atoms with Crippen LogP contribution in [-0.4, -0.2) is 25.7 Å². The molecule has 0 saturated heterocycles. The number of nitrogens with zero attached hydrogens (tertiary/aromatic N) is 2. The first-order chi connectivity index (χ1) is 11.9. The fraction of sp³-hybridized carbons (Fsp3) is 0.375. The predicted octanol–water partition coefficient (Wildman–Crippen LogP) is 3.38. The zero-order chi connectivity index (χ0) is 18.1. The average Bonchev–Trinajstić information content (AvgIpc) is 3.19. The van der Waals surface area contributed by atoms with E-state index in [1.807, 2.05) is 13.8 Å². The fourth-order valence-electron chi connectivity index (χ4n) is 2.73. The molecule has 2 N–H and O–H groups in total. The van der Waals surface area contributed by atoms with Crippen molar-refractivity contribution in [2.75, 3.05) is 5.32 Å². The summed E-state index contributed by atoms with van der Waals surface area (Å²) in [4.78, 5) is 33.0.